The van der Waals surface area contributed by atoms with Gasteiger partial charge >= 0.3 is 6.03 Å². The van der Waals surface area contributed by atoms with Crippen LogP contribution in [-0.4, -0.2) is 68.0 Å². The van der Waals surface area contributed by atoms with Crippen molar-refractivity contribution in [2.75, 3.05) is 50.7 Å². The molecule has 2 amide bonds. The van der Waals surface area contributed by atoms with Crippen molar-refractivity contribution < 1.29 is 14.3 Å². The van der Waals surface area contributed by atoms with Gasteiger partial charge in [-0.3, -0.25) is 4.90 Å². The van der Waals surface area contributed by atoms with Crippen molar-refractivity contribution in [1.29, 1.82) is 0 Å². The quantitative estimate of drug-likeness (QED) is 0.694. The number of anilines is 1. The molecule has 7 heteroatoms. The van der Waals surface area contributed by atoms with Crippen LogP contribution in [0, 0.1) is 5.82 Å². The van der Waals surface area contributed by atoms with Gasteiger partial charge in [-0.2, -0.15) is 0 Å². The lowest BCUT2D eigenvalue weighted by Gasteiger charge is -2.36. The third-order valence-corrected chi connectivity index (χ3v) is 4.13. The molecule has 1 saturated heterocycles. The summed E-state index contributed by atoms with van der Waals surface area (Å²) in [6, 6.07) is 6.40. The first-order chi connectivity index (χ1) is 11.5. The zero-order chi connectivity index (χ0) is 17.4. The molecule has 1 aromatic carbocycles. The summed E-state index contributed by atoms with van der Waals surface area (Å²) in [4.78, 5) is 16.1. The zero-order valence-corrected chi connectivity index (χ0v) is 14.2. The molecule has 1 heterocycles. The number of hydrogen-bond donors (Lipinski definition) is 3. The molecule has 134 valence electrons. The fraction of sp³-hybridized carbons (Fsp3) is 0.588. The van der Waals surface area contributed by atoms with Crippen LogP contribution in [0.3, 0.4) is 0 Å². The van der Waals surface area contributed by atoms with E-state index in [9.17, 15) is 9.18 Å². The maximum atomic E-state index is 13.0. The standard InChI is InChI=1S/C17H27FN4O2/c1-14(23)6-7-19-17(24)20-8-9-21-10-12-22(13-11-21)16-4-2-15(18)3-5-16/h2-5,14,23H,6-13H2,1H3,(H2,19,20,24). The predicted octanol–water partition coefficient (Wildman–Crippen LogP) is 1.02. The number of amides is 2. The first kappa shape index (κ1) is 18.5. The van der Waals surface area contributed by atoms with Crippen molar-refractivity contribution in [3.8, 4) is 0 Å². The maximum Gasteiger partial charge on any atom is 0.314 e. The van der Waals surface area contributed by atoms with Crippen LogP contribution in [0.2, 0.25) is 0 Å². The number of carbonyl (C=O) groups excluding carboxylic acids is 1. The molecular weight excluding hydrogens is 311 g/mol. The molecule has 2 rings (SSSR count). The number of hydrogen-bond acceptors (Lipinski definition) is 4. The van der Waals surface area contributed by atoms with Crippen LogP contribution in [0.15, 0.2) is 24.3 Å². The average Bonchev–Trinajstić information content (AvgIpc) is 2.56. The fourth-order valence-corrected chi connectivity index (χ4v) is 2.67. The summed E-state index contributed by atoms with van der Waals surface area (Å²) < 4.78 is 13.0. The Morgan fingerprint density at radius 1 is 1.17 bits per heavy atom. The maximum absolute atomic E-state index is 13.0. The lowest BCUT2D eigenvalue weighted by Crippen LogP contribution is -2.49. The van der Waals surface area contributed by atoms with Crippen LogP contribution in [0.4, 0.5) is 14.9 Å². The molecular formula is C17H27FN4O2. The normalized spacial score (nSPS) is 16.7. The van der Waals surface area contributed by atoms with E-state index in [1.807, 2.05) is 12.1 Å². The second-order valence-corrected chi connectivity index (χ2v) is 6.13. The Kier molecular flexibility index (Phi) is 7.27. The first-order valence-corrected chi connectivity index (χ1v) is 8.47. The van der Waals surface area contributed by atoms with Gasteiger partial charge < -0.3 is 20.6 Å². The molecule has 0 aromatic heterocycles. The number of aliphatic hydroxyl groups is 1. The molecule has 1 fully saturated rings. The number of carbonyl (C=O) groups is 1. The van der Waals surface area contributed by atoms with E-state index < -0.39 is 6.10 Å². The first-order valence-electron chi connectivity index (χ1n) is 8.47. The summed E-state index contributed by atoms with van der Waals surface area (Å²) in [5, 5.41) is 14.7. The van der Waals surface area contributed by atoms with Gasteiger partial charge in [-0.25, -0.2) is 9.18 Å². The summed E-state index contributed by atoms with van der Waals surface area (Å²) in [6.07, 6.45) is 0.154. The zero-order valence-electron chi connectivity index (χ0n) is 14.2. The molecule has 0 radical (unpaired) electrons. The Hall–Kier alpha value is -1.86. The highest BCUT2D eigenvalue weighted by atomic mass is 19.1. The highest BCUT2D eigenvalue weighted by Gasteiger charge is 2.17. The molecule has 1 unspecified atom stereocenters. The van der Waals surface area contributed by atoms with E-state index in [1.165, 1.54) is 12.1 Å². The van der Waals surface area contributed by atoms with Crippen molar-refractivity contribution in [3.63, 3.8) is 0 Å². The number of piperazine rings is 1. The Morgan fingerprint density at radius 2 is 1.79 bits per heavy atom. The minimum absolute atomic E-state index is 0.194. The molecule has 1 aliphatic heterocycles. The molecule has 0 aliphatic carbocycles. The van der Waals surface area contributed by atoms with Gasteiger partial charge in [-0.15, -0.1) is 0 Å². The van der Waals surface area contributed by atoms with E-state index in [2.05, 4.69) is 20.4 Å². The molecule has 1 aliphatic rings. The summed E-state index contributed by atoms with van der Waals surface area (Å²) in [5.74, 6) is -0.213. The van der Waals surface area contributed by atoms with Crippen molar-refractivity contribution in [2.45, 2.75) is 19.4 Å². The van der Waals surface area contributed by atoms with Crippen LogP contribution in [0.5, 0.6) is 0 Å². The van der Waals surface area contributed by atoms with Gasteiger partial charge in [0.2, 0.25) is 0 Å². The summed E-state index contributed by atoms with van der Waals surface area (Å²) in [7, 11) is 0. The van der Waals surface area contributed by atoms with Gasteiger partial charge in [-0.1, -0.05) is 0 Å². The predicted molar refractivity (Wildman–Crippen MR) is 92.8 cm³/mol. The van der Waals surface area contributed by atoms with Crippen molar-refractivity contribution in [1.82, 2.24) is 15.5 Å². The summed E-state index contributed by atoms with van der Waals surface area (Å²) >= 11 is 0. The minimum Gasteiger partial charge on any atom is -0.393 e. The third-order valence-electron chi connectivity index (χ3n) is 4.13. The second-order valence-electron chi connectivity index (χ2n) is 6.13. The Bertz CT molecular complexity index is 502. The Morgan fingerprint density at radius 3 is 2.42 bits per heavy atom. The van der Waals surface area contributed by atoms with Crippen LogP contribution >= 0.6 is 0 Å². The molecule has 1 aromatic rings. The van der Waals surface area contributed by atoms with Crippen LogP contribution in [-0.2, 0) is 0 Å². The fourth-order valence-electron chi connectivity index (χ4n) is 2.67. The van der Waals surface area contributed by atoms with Gasteiger partial charge in [0, 0.05) is 51.5 Å². The van der Waals surface area contributed by atoms with Gasteiger partial charge in [0.15, 0.2) is 0 Å². The van der Waals surface area contributed by atoms with E-state index in [1.54, 1.807) is 6.92 Å². The smallest absolute Gasteiger partial charge is 0.314 e. The van der Waals surface area contributed by atoms with Gasteiger partial charge in [0.1, 0.15) is 5.82 Å². The second kappa shape index (κ2) is 9.44. The van der Waals surface area contributed by atoms with Crippen LogP contribution in [0.1, 0.15) is 13.3 Å². The SMILES string of the molecule is CC(O)CCNC(=O)NCCN1CCN(c2ccc(F)cc2)CC1. The molecule has 24 heavy (non-hydrogen) atoms. The largest absolute Gasteiger partial charge is 0.393 e. The van der Waals surface area contributed by atoms with Crippen LogP contribution < -0.4 is 15.5 Å². The summed E-state index contributed by atoms with van der Waals surface area (Å²) in [5.41, 5.74) is 1.05. The minimum atomic E-state index is -0.400. The van der Waals surface area contributed by atoms with E-state index >= 15 is 0 Å². The van der Waals surface area contributed by atoms with E-state index in [0.29, 0.717) is 19.5 Å². The number of nitrogens with one attached hydrogen (secondary N) is 2. The Balaban J connectivity index is 1.59. The number of benzene rings is 1. The molecule has 0 spiro atoms. The highest BCUT2D eigenvalue weighted by molar-refractivity contribution is 5.73. The average molecular weight is 338 g/mol. The lowest BCUT2D eigenvalue weighted by molar-refractivity contribution is 0.183. The van der Waals surface area contributed by atoms with Gasteiger partial charge in [0.05, 0.1) is 6.10 Å². The molecule has 6 nitrogen and oxygen atoms in total. The van der Waals surface area contributed by atoms with Gasteiger partial charge in [-0.05, 0) is 37.6 Å². The van der Waals surface area contributed by atoms with Crippen molar-refractivity contribution >= 4 is 11.7 Å². The topological polar surface area (TPSA) is 67.8 Å². The van der Waals surface area contributed by atoms with Crippen molar-refractivity contribution in [2.24, 2.45) is 0 Å². The molecule has 3 N–H and O–H groups in total. The number of rotatable bonds is 7. The van der Waals surface area contributed by atoms with Gasteiger partial charge in [0.25, 0.3) is 0 Å². The Labute approximate surface area is 142 Å². The third kappa shape index (κ3) is 6.33. The number of urea groups is 1. The van der Waals surface area contributed by atoms with Crippen molar-refractivity contribution in [3.05, 3.63) is 30.1 Å². The highest BCUT2D eigenvalue weighted by Crippen LogP contribution is 2.16. The molecule has 1 atom stereocenters. The van der Waals surface area contributed by atoms with E-state index in [4.69, 9.17) is 5.11 Å². The molecule has 0 bridgehead atoms. The summed E-state index contributed by atoms with van der Waals surface area (Å²) in [6.45, 7) is 7.20. The van der Waals surface area contributed by atoms with E-state index in [0.717, 1.165) is 38.4 Å². The number of nitrogens with zero attached hydrogens (tertiary/aromatic N) is 2. The monoisotopic (exact) mass is 338 g/mol. The number of aliphatic hydroxyl groups excluding tert-OH is 1. The lowest BCUT2D eigenvalue weighted by atomic mass is 10.2. The number of halogens is 1. The van der Waals surface area contributed by atoms with Crippen LogP contribution in [0.25, 0.3) is 0 Å². The molecule has 0 saturated carbocycles. The van der Waals surface area contributed by atoms with E-state index in [-0.39, 0.29) is 11.8 Å².